The first kappa shape index (κ1) is 16.6. The maximum Gasteiger partial charge on any atom is 0.343 e. The first-order valence-electron chi connectivity index (χ1n) is 6.31. The van der Waals surface area contributed by atoms with Gasteiger partial charge in [-0.25, -0.2) is 14.6 Å². The quantitative estimate of drug-likeness (QED) is 0.660. The molecule has 9 nitrogen and oxygen atoms in total. The lowest BCUT2D eigenvalue weighted by Gasteiger charge is -2.11. The summed E-state index contributed by atoms with van der Waals surface area (Å²) in [7, 11) is 0. The van der Waals surface area contributed by atoms with Gasteiger partial charge < -0.3 is 25.7 Å². The van der Waals surface area contributed by atoms with Gasteiger partial charge in [-0.2, -0.15) is 4.98 Å². The van der Waals surface area contributed by atoms with E-state index in [-0.39, 0.29) is 49.5 Å². The van der Waals surface area contributed by atoms with E-state index in [0.717, 1.165) is 0 Å². The molecule has 21 heavy (non-hydrogen) atoms. The number of carbonyl (C=O) groups excluding carboxylic acids is 2. The van der Waals surface area contributed by atoms with Crippen LogP contribution < -0.4 is 11.5 Å². The molecule has 0 aliphatic carbocycles. The average Bonchev–Trinajstić information content (AvgIpc) is 2.38. The highest BCUT2D eigenvalue weighted by Crippen LogP contribution is 2.17. The van der Waals surface area contributed by atoms with Crippen LogP contribution in [0, 0.1) is 0 Å². The summed E-state index contributed by atoms with van der Waals surface area (Å²) in [4.78, 5) is 30.6. The zero-order valence-electron chi connectivity index (χ0n) is 11.9. The van der Waals surface area contributed by atoms with Crippen LogP contribution in [0.4, 0.5) is 11.8 Å². The van der Waals surface area contributed by atoms with E-state index in [1.807, 2.05) is 0 Å². The second-order valence-electron chi connectivity index (χ2n) is 3.81. The van der Waals surface area contributed by atoms with E-state index in [0.29, 0.717) is 0 Å². The molecule has 0 aliphatic heterocycles. The molecule has 1 rings (SSSR count). The molecule has 0 fully saturated rings. The van der Waals surface area contributed by atoms with Gasteiger partial charge in [0.2, 0.25) is 5.95 Å². The summed E-state index contributed by atoms with van der Waals surface area (Å²) in [5.74, 6) is -1.40. The monoisotopic (exact) mass is 298 g/mol. The fraction of sp³-hybridized carbons (Fsp3) is 0.500. The van der Waals surface area contributed by atoms with Gasteiger partial charge in [0.1, 0.15) is 18.0 Å². The van der Waals surface area contributed by atoms with Gasteiger partial charge in [0.25, 0.3) is 0 Å². The lowest BCUT2D eigenvalue weighted by atomic mass is 10.2. The Balaban J connectivity index is 2.84. The minimum atomic E-state index is -0.676. The number of rotatable bonds is 7. The van der Waals surface area contributed by atoms with Gasteiger partial charge in [-0.15, -0.1) is 0 Å². The van der Waals surface area contributed by atoms with E-state index in [4.69, 9.17) is 25.7 Å². The summed E-state index contributed by atoms with van der Waals surface area (Å²) < 4.78 is 14.7. The highest BCUT2D eigenvalue weighted by molar-refractivity contribution is 5.95. The summed E-state index contributed by atoms with van der Waals surface area (Å²) in [6.45, 7) is 3.34. The number of carbonyl (C=O) groups is 2. The smallest absolute Gasteiger partial charge is 0.343 e. The normalized spacial score (nSPS) is 10.2. The highest BCUT2D eigenvalue weighted by atomic mass is 16.6. The van der Waals surface area contributed by atoms with Crippen molar-refractivity contribution in [3.05, 3.63) is 11.3 Å². The fourth-order valence-electron chi connectivity index (χ4n) is 1.51. The topological polar surface area (TPSA) is 140 Å². The van der Waals surface area contributed by atoms with Crippen LogP contribution in [-0.4, -0.2) is 41.7 Å². The second-order valence-corrected chi connectivity index (χ2v) is 3.81. The number of aromatic nitrogens is 2. The third kappa shape index (κ3) is 4.88. The summed E-state index contributed by atoms with van der Waals surface area (Å²) >= 11 is 0. The van der Waals surface area contributed by atoms with E-state index < -0.39 is 11.9 Å². The third-order valence-electron chi connectivity index (χ3n) is 2.27. The van der Waals surface area contributed by atoms with Crippen LogP contribution in [0.2, 0.25) is 0 Å². The molecule has 116 valence electrons. The van der Waals surface area contributed by atoms with E-state index in [9.17, 15) is 9.59 Å². The Kier molecular flexibility index (Phi) is 6.34. The summed E-state index contributed by atoms with van der Waals surface area (Å²) in [5, 5.41) is 0. The number of nitrogens with zero attached hydrogens (tertiary/aromatic N) is 2. The molecule has 0 saturated heterocycles. The number of nitrogens with two attached hydrogens (primary N) is 2. The van der Waals surface area contributed by atoms with Crippen LogP contribution in [-0.2, 0) is 25.6 Å². The van der Waals surface area contributed by atoms with E-state index in [1.165, 1.54) is 0 Å². The van der Waals surface area contributed by atoms with Crippen LogP contribution in [0.5, 0.6) is 0 Å². The molecule has 0 spiro atoms. The maximum atomic E-state index is 11.8. The van der Waals surface area contributed by atoms with Crippen molar-refractivity contribution in [2.24, 2.45) is 0 Å². The Labute approximate surface area is 121 Å². The Morgan fingerprint density at radius 1 is 1.10 bits per heavy atom. The minimum absolute atomic E-state index is 0.0186. The van der Waals surface area contributed by atoms with E-state index >= 15 is 0 Å². The predicted octanol–water partition coefficient (Wildman–Crippen LogP) is -0.103. The first-order chi connectivity index (χ1) is 9.99. The molecule has 0 amide bonds. The van der Waals surface area contributed by atoms with E-state index in [1.54, 1.807) is 13.8 Å². The van der Waals surface area contributed by atoms with Gasteiger partial charge in [0.05, 0.1) is 25.5 Å². The minimum Gasteiger partial charge on any atom is -0.464 e. The third-order valence-corrected chi connectivity index (χ3v) is 2.27. The summed E-state index contributed by atoms with van der Waals surface area (Å²) in [6, 6.07) is 0. The van der Waals surface area contributed by atoms with Crippen molar-refractivity contribution in [1.29, 1.82) is 0 Å². The molecule has 1 aromatic heterocycles. The molecule has 0 saturated carbocycles. The maximum absolute atomic E-state index is 11.8. The van der Waals surface area contributed by atoms with Crippen LogP contribution in [0.25, 0.3) is 0 Å². The first-order valence-corrected chi connectivity index (χ1v) is 6.31. The van der Waals surface area contributed by atoms with Crippen LogP contribution in [0.1, 0.15) is 29.9 Å². The zero-order valence-corrected chi connectivity index (χ0v) is 11.9. The van der Waals surface area contributed by atoms with Crippen molar-refractivity contribution < 1.29 is 23.8 Å². The molecular weight excluding hydrogens is 280 g/mol. The standard InChI is InChI=1S/C12H18N4O5/c1-3-20-8(17)6-19-5-7-9(11(18)21-4-2)10(13)16-12(14)15-7/h3-6H2,1-2H3,(H4,13,14,15,16). The van der Waals surface area contributed by atoms with Gasteiger partial charge >= 0.3 is 11.9 Å². The van der Waals surface area contributed by atoms with Crippen molar-refractivity contribution in [3.8, 4) is 0 Å². The van der Waals surface area contributed by atoms with Gasteiger partial charge in [-0.1, -0.05) is 0 Å². The van der Waals surface area contributed by atoms with Gasteiger partial charge in [0, 0.05) is 0 Å². The van der Waals surface area contributed by atoms with Gasteiger partial charge in [-0.05, 0) is 13.8 Å². The Hall–Kier alpha value is -2.42. The lowest BCUT2D eigenvalue weighted by Crippen LogP contribution is -2.18. The number of esters is 2. The summed E-state index contributed by atoms with van der Waals surface area (Å²) in [6.07, 6.45) is 0. The van der Waals surface area contributed by atoms with E-state index in [2.05, 4.69) is 9.97 Å². The molecular formula is C12H18N4O5. The fourth-order valence-corrected chi connectivity index (χ4v) is 1.51. The SMILES string of the molecule is CCOC(=O)COCc1nc(N)nc(N)c1C(=O)OCC. The summed E-state index contributed by atoms with van der Waals surface area (Å²) in [5.41, 5.74) is 11.3. The average molecular weight is 298 g/mol. The van der Waals surface area contributed by atoms with Crippen molar-refractivity contribution >= 4 is 23.7 Å². The van der Waals surface area contributed by atoms with Crippen molar-refractivity contribution in [3.63, 3.8) is 0 Å². The molecule has 0 radical (unpaired) electrons. The molecule has 0 unspecified atom stereocenters. The zero-order chi connectivity index (χ0) is 15.8. The number of nitrogen functional groups attached to an aromatic ring is 2. The second kappa shape index (κ2) is 8.00. The number of ether oxygens (including phenoxy) is 3. The van der Waals surface area contributed by atoms with Crippen molar-refractivity contribution in [2.75, 3.05) is 31.3 Å². The molecule has 0 bridgehead atoms. The Morgan fingerprint density at radius 3 is 2.38 bits per heavy atom. The molecule has 1 aromatic rings. The number of hydrogen-bond donors (Lipinski definition) is 2. The molecule has 0 aromatic carbocycles. The predicted molar refractivity (Wildman–Crippen MR) is 73.1 cm³/mol. The molecule has 1 heterocycles. The molecule has 0 atom stereocenters. The van der Waals surface area contributed by atoms with Crippen LogP contribution >= 0.6 is 0 Å². The van der Waals surface area contributed by atoms with Gasteiger partial charge in [-0.3, -0.25) is 0 Å². The van der Waals surface area contributed by atoms with Crippen molar-refractivity contribution in [2.45, 2.75) is 20.5 Å². The largest absolute Gasteiger partial charge is 0.464 e. The van der Waals surface area contributed by atoms with Crippen molar-refractivity contribution in [1.82, 2.24) is 9.97 Å². The molecule has 4 N–H and O–H groups in total. The van der Waals surface area contributed by atoms with Crippen LogP contribution in [0.3, 0.4) is 0 Å². The Bertz CT molecular complexity index is 521. The molecule has 9 heteroatoms. The number of hydrogen-bond acceptors (Lipinski definition) is 9. The van der Waals surface area contributed by atoms with Gasteiger partial charge in [0.15, 0.2) is 0 Å². The Morgan fingerprint density at radius 2 is 1.76 bits per heavy atom. The lowest BCUT2D eigenvalue weighted by molar-refractivity contribution is -0.148. The number of anilines is 2. The molecule has 0 aliphatic rings. The highest BCUT2D eigenvalue weighted by Gasteiger charge is 2.20. The van der Waals surface area contributed by atoms with Crippen LogP contribution in [0.15, 0.2) is 0 Å².